The molecule has 16 heavy (non-hydrogen) atoms. The molecule has 0 aromatic heterocycles. The fraction of sp³-hybridized carbons (Fsp3) is 0.900. The van der Waals surface area contributed by atoms with Crippen LogP contribution in [0.1, 0.15) is 13.8 Å². The molecule has 1 aliphatic heterocycles. The van der Waals surface area contributed by atoms with E-state index in [-0.39, 0.29) is 0 Å². The summed E-state index contributed by atoms with van der Waals surface area (Å²) >= 11 is 4.11. The molecule has 0 atom stereocenters. The van der Waals surface area contributed by atoms with Crippen LogP contribution in [-0.2, 0) is 9.47 Å². The van der Waals surface area contributed by atoms with Gasteiger partial charge in [-0.2, -0.15) is 0 Å². The van der Waals surface area contributed by atoms with Gasteiger partial charge in [-0.3, -0.25) is 4.90 Å². The number of rotatable bonds is 4. The number of hydrogen-bond acceptors (Lipinski definition) is 5. The summed E-state index contributed by atoms with van der Waals surface area (Å²) in [5.74, 6) is 0. The van der Waals surface area contributed by atoms with Gasteiger partial charge in [-0.05, 0) is 13.8 Å². The second-order valence-electron chi connectivity index (χ2n) is 4.22. The van der Waals surface area contributed by atoms with Crippen molar-refractivity contribution in [1.29, 1.82) is 0 Å². The maximum Gasteiger partial charge on any atom is 0.408 e. The zero-order valence-electron chi connectivity index (χ0n) is 9.86. The average Bonchev–Trinajstić information content (AvgIpc) is 2.16. The van der Waals surface area contributed by atoms with E-state index < -0.39 is 11.0 Å². The Hall–Kier alpha value is -0.460. The smallest absolute Gasteiger partial charge is 0.408 e. The zero-order chi connectivity index (χ0) is 12.0. The highest BCUT2D eigenvalue weighted by Crippen LogP contribution is 2.12. The predicted octanol–water partition coefficient (Wildman–Crippen LogP) is 0.711. The molecule has 94 valence electrons. The third kappa shape index (κ3) is 6.19. The van der Waals surface area contributed by atoms with Gasteiger partial charge in [0.15, 0.2) is 4.93 Å². The van der Waals surface area contributed by atoms with E-state index in [0.29, 0.717) is 6.54 Å². The Morgan fingerprint density at radius 3 is 2.69 bits per heavy atom. The topological polar surface area (TPSA) is 50.8 Å². The molecule has 1 rings (SSSR count). The van der Waals surface area contributed by atoms with E-state index in [9.17, 15) is 4.79 Å². The summed E-state index contributed by atoms with van der Waals surface area (Å²) < 4.78 is 10.2. The minimum absolute atomic E-state index is 0.423. The number of ether oxygens (including phenoxy) is 2. The quantitative estimate of drug-likeness (QED) is 0.568. The van der Waals surface area contributed by atoms with Crippen LogP contribution in [0.5, 0.6) is 0 Å². The third-order valence-corrected chi connectivity index (χ3v) is 2.23. The first-order valence-corrected chi connectivity index (χ1v) is 5.91. The van der Waals surface area contributed by atoms with Crippen molar-refractivity contribution in [3.8, 4) is 0 Å². The van der Waals surface area contributed by atoms with Crippen molar-refractivity contribution in [3.05, 3.63) is 0 Å². The molecule has 1 aliphatic rings. The van der Waals surface area contributed by atoms with Gasteiger partial charge in [-0.25, -0.2) is 4.79 Å². The normalized spacial score (nSPS) is 18.2. The molecule has 1 heterocycles. The summed E-state index contributed by atoms with van der Waals surface area (Å²) in [6, 6.07) is 0. The second kappa shape index (κ2) is 6.32. The maximum atomic E-state index is 11.3. The molecule has 0 aromatic rings. The fourth-order valence-corrected chi connectivity index (χ4v) is 1.49. The summed E-state index contributed by atoms with van der Waals surface area (Å²) in [5.41, 5.74) is 0. The summed E-state index contributed by atoms with van der Waals surface area (Å²) in [4.78, 5) is 12.8. The van der Waals surface area contributed by atoms with Gasteiger partial charge in [-0.15, -0.1) is 12.6 Å². The van der Waals surface area contributed by atoms with E-state index in [1.54, 1.807) is 13.8 Å². The van der Waals surface area contributed by atoms with E-state index in [4.69, 9.17) is 9.47 Å². The van der Waals surface area contributed by atoms with Gasteiger partial charge in [0, 0.05) is 26.2 Å². The lowest BCUT2D eigenvalue weighted by molar-refractivity contribution is 0.0378. The van der Waals surface area contributed by atoms with Crippen LogP contribution in [0.2, 0.25) is 0 Å². The number of nitrogens with one attached hydrogen (secondary N) is 1. The van der Waals surface area contributed by atoms with Crippen LogP contribution in [0.25, 0.3) is 0 Å². The van der Waals surface area contributed by atoms with Crippen LogP contribution in [0.4, 0.5) is 4.79 Å². The maximum absolute atomic E-state index is 11.3. The van der Waals surface area contributed by atoms with Crippen LogP contribution in [0.3, 0.4) is 0 Å². The van der Waals surface area contributed by atoms with Crippen molar-refractivity contribution in [3.63, 3.8) is 0 Å². The molecule has 1 amide bonds. The number of carbonyl (C=O) groups is 1. The summed E-state index contributed by atoms with van der Waals surface area (Å²) in [5, 5.41) is 2.69. The largest absolute Gasteiger partial charge is 0.433 e. The minimum Gasteiger partial charge on any atom is -0.433 e. The molecule has 0 bridgehead atoms. The van der Waals surface area contributed by atoms with Crippen LogP contribution in [0.15, 0.2) is 0 Å². The van der Waals surface area contributed by atoms with Crippen LogP contribution in [-0.4, -0.2) is 55.3 Å². The van der Waals surface area contributed by atoms with Crippen LogP contribution < -0.4 is 5.32 Å². The number of carbonyl (C=O) groups excluding carboxylic acids is 1. The molecule has 0 unspecified atom stereocenters. The first kappa shape index (κ1) is 13.6. The Morgan fingerprint density at radius 2 is 2.12 bits per heavy atom. The number of morpholine rings is 1. The van der Waals surface area contributed by atoms with Crippen molar-refractivity contribution in [1.82, 2.24) is 10.2 Å². The summed E-state index contributed by atoms with van der Waals surface area (Å²) in [6.45, 7) is 8.25. The number of amides is 1. The van der Waals surface area contributed by atoms with Gasteiger partial charge in [-0.1, -0.05) is 0 Å². The molecular formula is C10H20N2O3S. The van der Waals surface area contributed by atoms with E-state index in [0.717, 1.165) is 32.8 Å². The standard InChI is InChI=1S/C10H20N2O3S/c1-10(2,16)15-9(13)11-3-4-12-5-7-14-8-6-12/h16H,3-8H2,1-2H3,(H,11,13). The number of thiol groups is 1. The Kier molecular flexibility index (Phi) is 5.37. The molecule has 0 radical (unpaired) electrons. The Balaban J connectivity index is 2.08. The van der Waals surface area contributed by atoms with Gasteiger partial charge in [0.25, 0.3) is 0 Å². The highest BCUT2D eigenvalue weighted by molar-refractivity contribution is 7.81. The molecule has 1 N–H and O–H groups in total. The molecule has 5 nitrogen and oxygen atoms in total. The average molecular weight is 248 g/mol. The van der Waals surface area contributed by atoms with Gasteiger partial charge in [0.2, 0.25) is 0 Å². The van der Waals surface area contributed by atoms with Gasteiger partial charge >= 0.3 is 6.09 Å². The SMILES string of the molecule is CC(C)(S)OC(=O)NCCN1CCOCC1. The lowest BCUT2D eigenvalue weighted by Crippen LogP contribution is -2.42. The highest BCUT2D eigenvalue weighted by Gasteiger charge is 2.17. The molecule has 1 saturated heterocycles. The van der Waals surface area contributed by atoms with Crippen LogP contribution >= 0.6 is 12.6 Å². The van der Waals surface area contributed by atoms with Crippen molar-refractivity contribution < 1.29 is 14.3 Å². The lowest BCUT2D eigenvalue weighted by atomic mass is 10.4. The first-order chi connectivity index (χ1) is 7.47. The monoisotopic (exact) mass is 248 g/mol. The predicted molar refractivity (Wildman–Crippen MR) is 64.8 cm³/mol. The minimum atomic E-state index is -0.733. The highest BCUT2D eigenvalue weighted by atomic mass is 32.1. The number of alkyl carbamates (subject to hydrolysis) is 1. The van der Waals surface area contributed by atoms with Crippen LogP contribution in [0, 0.1) is 0 Å². The molecule has 0 aromatic carbocycles. The molecule has 1 fully saturated rings. The molecule has 0 aliphatic carbocycles. The Morgan fingerprint density at radius 1 is 1.50 bits per heavy atom. The molecule has 0 spiro atoms. The third-order valence-electron chi connectivity index (χ3n) is 2.14. The summed E-state index contributed by atoms with van der Waals surface area (Å²) in [6.07, 6.45) is -0.423. The fourth-order valence-electron chi connectivity index (χ4n) is 1.40. The first-order valence-electron chi connectivity index (χ1n) is 5.47. The van der Waals surface area contributed by atoms with E-state index in [1.165, 1.54) is 0 Å². The zero-order valence-corrected chi connectivity index (χ0v) is 10.8. The van der Waals surface area contributed by atoms with E-state index in [1.807, 2.05) is 0 Å². The van der Waals surface area contributed by atoms with Gasteiger partial charge in [0.1, 0.15) is 0 Å². The van der Waals surface area contributed by atoms with E-state index in [2.05, 4.69) is 22.8 Å². The van der Waals surface area contributed by atoms with Crippen molar-refractivity contribution >= 4 is 18.7 Å². The molecule has 0 saturated carbocycles. The summed E-state index contributed by atoms with van der Waals surface area (Å²) in [7, 11) is 0. The molecular weight excluding hydrogens is 228 g/mol. The van der Waals surface area contributed by atoms with Gasteiger partial charge < -0.3 is 14.8 Å². The number of nitrogens with zero attached hydrogens (tertiary/aromatic N) is 1. The number of hydrogen-bond donors (Lipinski definition) is 2. The van der Waals surface area contributed by atoms with E-state index >= 15 is 0 Å². The Labute approximate surface area is 102 Å². The van der Waals surface area contributed by atoms with Gasteiger partial charge in [0.05, 0.1) is 13.2 Å². The second-order valence-corrected chi connectivity index (χ2v) is 5.29. The van der Waals surface area contributed by atoms with Crippen molar-refractivity contribution in [2.75, 3.05) is 39.4 Å². The van der Waals surface area contributed by atoms with Crippen molar-refractivity contribution in [2.24, 2.45) is 0 Å². The lowest BCUT2D eigenvalue weighted by Gasteiger charge is -2.26. The van der Waals surface area contributed by atoms with Crippen molar-refractivity contribution in [2.45, 2.75) is 18.8 Å². The molecule has 6 heteroatoms. The Bertz CT molecular complexity index is 225.